The molecule has 0 aliphatic rings. The first-order chi connectivity index (χ1) is 11.4. The molecule has 1 aromatic carbocycles. The molecular weight excluding hydrogens is 379 g/mol. The summed E-state index contributed by atoms with van der Waals surface area (Å²) >= 11 is 3.31. The number of ether oxygens (including phenoxy) is 1. The van der Waals surface area contributed by atoms with Crippen molar-refractivity contribution in [3.05, 3.63) is 34.1 Å². The zero-order valence-electron chi connectivity index (χ0n) is 14.2. The van der Waals surface area contributed by atoms with Gasteiger partial charge in [-0.1, -0.05) is 15.9 Å². The van der Waals surface area contributed by atoms with Crippen LogP contribution in [0.5, 0.6) is 0 Å². The first kappa shape index (κ1) is 21.0. The monoisotopic (exact) mass is 404 g/mol. The Morgan fingerprint density at radius 1 is 1.46 bits per heavy atom. The summed E-state index contributed by atoms with van der Waals surface area (Å²) in [6.07, 6.45) is 0.922. The van der Waals surface area contributed by atoms with Gasteiger partial charge >= 0.3 is 0 Å². The smallest absolute Gasteiger partial charge is 0.234 e. The highest BCUT2D eigenvalue weighted by atomic mass is 79.9. The lowest BCUT2D eigenvalue weighted by atomic mass is 10.2. The molecule has 0 bridgehead atoms. The summed E-state index contributed by atoms with van der Waals surface area (Å²) in [5.41, 5.74) is 0.482. The summed E-state index contributed by atoms with van der Waals surface area (Å²) in [6, 6.07) is 4.69. The zero-order chi connectivity index (χ0) is 17.9. The standard InChI is InChI=1S/C17H26BrFN2O3/c1-13(2)24-9-3-6-20-17(23)12-21(7-8-22)11-14-10-15(18)4-5-16(14)19/h4-5,10,13,22H,3,6-9,11-12H2,1-2H3,(H,20,23). The number of halogens is 2. The average Bonchev–Trinajstić information content (AvgIpc) is 2.50. The van der Waals surface area contributed by atoms with E-state index in [0.717, 1.165) is 10.9 Å². The molecule has 0 atom stereocenters. The molecule has 24 heavy (non-hydrogen) atoms. The maximum absolute atomic E-state index is 13.8. The van der Waals surface area contributed by atoms with Crippen LogP contribution in [0.2, 0.25) is 0 Å². The Bertz CT molecular complexity index is 515. The molecule has 5 nitrogen and oxygen atoms in total. The lowest BCUT2D eigenvalue weighted by Crippen LogP contribution is -2.39. The fraction of sp³-hybridized carbons (Fsp3) is 0.588. The van der Waals surface area contributed by atoms with Crippen molar-refractivity contribution < 1.29 is 19.0 Å². The number of rotatable bonds is 11. The van der Waals surface area contributed by atoms with Crippen molar-refractivity contribution in [2.45, 2.75) is 32.9 Å². The van der Waals surface area contributed by atoms with Crippen LogP contribution in [-0.4, -0.2) is 54.9 Å². The van der Waals surface area contributed by atoms with E-state index in [1.165, 1.54) is 6.07 Å². The van der Waals surface area contributed by atoms with Gasteiger partial charge < -0.3 is 15.2 Å². The molecule has 0 unspecified atom stereocenters. The molecule has 2 N–H and O–H groups in total. The number of benzene rings is 1. The summed E-state index contributed by atoms with van der Waals surface area (Å²) in [5.74, 6) is -0.476. The Labute approximate surface area is 151 Å². The summed E-state index contributed by atoms with van der Waals surface area (Å²) in [7, 11) is 0. The van der Waals surface area contributed by atoms with Gasteiger partial charge in [-0.25, -0.2) is 4.39 Å². The summed E-state index contributed by atoms with van der Waals surface area (Å²) in [5, 5.41) is 12.0. The number of hydrogen-bond donors (Lipinski definition) is 2. The predicted octanol–water partition coefficient (Wildman–Crippen LogP) is 2.31. The van der Waals surface area contributed by atoms with E-state index >= 15 is 0 Å². The van der Waals surface area contributed by atoms with Crippen LogP contribution in [0, 0.1) is 5.82 Å². The minimum absolute atomic E-state index is 0.0921. The van der Waals surface area contributed by atoms with E-state index in [0.29, 0.717) is 25.3 Å². The Balaban J connectivity index is 2.44. The van der Waals surface area contributed by atoms with Crippen molar-refractivity contribution in [1.82, 2.24) is 10.2 Å². The van der Waals surface area contributed by atoms with Crippen molar-refractivity contribution in [3.63, 3.8) is 0 Å². The van der Waals surface area contributed by atoms with Gasteiger partial charge in [-0.05, 0) is 38.5 Å². The Kier molecular flexibility index (Phi) is 10.1. The maximum atomic E-state index is 13.8. The number of nitrogens with one attached hydrogen (secondary N) is 1. The number of carbonyl (C=O) groups is 1. The number of carbonyl (C=O) groups excluding carboxylic acids is 1. The fourth-order valence-electron chi connectivity index (χ4n) is 2.14. The van der Waals surface area contributed by atoms with E-state index in [4.69, 9.17) is 9.84 Å². The SMILES string of the molecule is CC(C)OCCCNC(=O)CN(CCO)Cc1cc(Br)ccc1F. The number of aliphatic hydroxyl groups excluding tert-OH is 1. The highest BCUT2D eigenvalue weighted by molar-refractivity contribution is 9.10. The molecule has 1 amide bonds. The zero-order valence-corrected chi connectivity index (χ0v) is 15.8. The van der Waals surface area contributed by atoms with Crippen LogP contribution < -0.4 is 5.32 Å². The highest BCUT2D eigenvalue weighted by Gasteiger charge is 2.13. The van der Waals surface area contributed by atoms with Crippen molar-refractivity contribution in [2.75, 3.05) is 32.8 Å². The molecule has 0 radical (unpaired) electrons. The minimum atomic E-state index is -0.326. The molecule has 0 saturated carbocycles. The molecule has 0 saturated heterocycles. The van der Waals surface area contributed by atoms with Crippen LogP contribution in [-0.2, 0) is 16.1 Å². The molecule has 7 heteroatoms. The average molecular weight is 405 g/mol. The molecule has 136 valence electrons. The van der Waals surface area contributed by atoms with E-state index in [2.05, 4.69) is 21.2 Å². The quantitative estimate of drug-likeness (QED) is 0.555. The van der Waals surface area contributed by atoms with Gasteiger partial charge in [-0.3, -0.25) is 9.69 Å². The normalized spacial score (nSPS) is 11.3. The molecule has 1 rings (SSSR count). The van der Waals surface area contributed by atoms with Gasteiger partial charge in [0.05, 0.1) is 19.3 Å². The number of amides is 1. The van der Waals surface area contributed by atoms with Gasteiger partial charge in [0.1, 0.15) is 5.82 Å². The third-order valence-corrected chi connectivity index (χ3v) is 3.77. The van der Waals surface area contributed by atoms with Crippen LogP contribution in [0.4, 0.5) is 4.39 Å². The van der Waals surface area contributed by atoms with Gasteiger partial charge in [0.25, 0.3) is 0 Å². The second kappa shape index (κ2) is 11.5. The molecule has 1 aromatic rings. The second-order valence-corrected chi connectivity index (χ2v) is 6.71. The van der Waals surface area contributed by atoms with Gasteiger partial charge in [0.15, 0.2) is 0 Å². The summed E-state index contributed by atoms with van der Waals surface area (Å²) < 4.78 is 20.0. The topological polar surface area (TPSA) is 61.8 Å². The molecule has 0 spiro atoms. The van der Waals surface area contributed by atoms with E-state index in [1.54, 1.807) is 17.0 Å². The van der Waals surface area contributed by atoms with Crippen LogP contribution >= 0.6 is 15.9 Å². The minimum Gasteiger partial charge on any atom is -0.395 e. The summed E-state index contributed by atoms with van der Waals surface area (Å²) in [6.45, 7) is 5.64. The first-order valence-corrected chi connectivity index (χ1v) is 8.87. The highest BCUT2D eigenvalue weighted by Crippen LogP contribution is 2.17. The lowest BCUT2D eigenvalue weighted by molar-refractivity contribution is -0.122. The molecular formula is C17H26BrFN2O3. The lowest BCUT2D eigenvalue weighted by Gasteiger charge is -2.21. The third kappa shape index (κ3) is 8.73. The van der Waals surface area contributed by atoms with E-state index in [-0.39, 0.29) is 37.5 Å². The first-order valence-electron chi connectivity index (χ1n) is 8.07. The van der Waals surface area contributed by atoms with E-state index < -0.39 is 0 Å². The van der Waals surface area contributed by atoms with Gasteiger partial charge in [-0.15, -0.1) is 0 Å². The van der Waals surface area contributed by atoms with Crippen LogP contribution in [0.1, 0.15) is 25.8 Å². The molecule has 0 fully saturated rings. The van der Waals surface area contributed by atoms with Crippen LogP contribution in [0.3, 0.4) is 0 Å². The number of aliphatic hydroxyl groups is 1. The fourth-order valence-corrected chi connectivity index (χ4v) is 2.55. The van der Waals surface area contributed by atoms with Crippen molar-refractivity contribution >= 4 is 21.8 Å². The maximum Gasteiger partial charge on any atom is 0.234 e. The van der Waals surface area contributed by atoms with Crippen molar-refractivity contribution in [2.24, 2.45) is 0 Å². The molecule has 0 aromatic heterocycles. The van der Waals surface area contributed by atoms with E-state index in [9.17, 15) is 9.18 Å². The number of hydrogen-bond acceptors (Lipinski definition) is 4. The van der Waals surface area contributed by atoms with Gasteiger partial charge in [0.2, 0.25) is 5.91 Å². The second-order valence-electron chi connectivity index (χ2n) is 5.79. The Hall–Kier alpha value is -1.02. The van der Waals surface area contributed by atoms with Gasteiger partial charge in [-0.2, -0.15) is 0 Å². The Morgan fingerprint density at radius 2 is 2.21 bits per heavy atom. The predicted molar refractivity (Wildman–Crippen MR) is 95.2 cm³/mol. The third-order valence-electron chi connectivity index (χ3n) is 3.28. The Morgan fingerprint density at radius 3 is 2.88 bits per heavy atom. The molecule has 0 aliphatic carbocycles. The van der Waals surface area contributed by atoms with Gasteiger partial charge in [0, 0.05) is 36.3 Å². The van der Waals surface area contributed by atoms with E-state index in [1.807, 2.05) is 13.8 Å². The largest absolute Gasteiger partial charge is 0.395 e. The number of nitrogens with zero attached hydrogens (tertiary/aromatic N) is 1. The van der Waals surface area contributed by atoms with Crippen LogP contribution in [0.25, 0.3) is 0 Å². The molecule has 0 aliphatic heterocycles. The summed E-state index contributed by atoms with van der Waals surface area (Å²) in [4.78, 5) is 13.7. The van der Waals surface area contributed by atoms with Crippen LogP contribution in [0.15, 0.2) is 22.7 Å². The van der Waals surface area contributed by atoms with Crippen molar-refractivity contribution in [1.29, 1.82) is 0 Å². The van der Waals surface area contributed by atoms with Crippen molar-refractivity contribution in [3.8, 4) is 0 Å². The molecule has 0 heterocycles.